The molecule has 27 heavy (non-hydrogen) atoms. The number of carboxylic acids is 1. The van der Waals surface area contributed by atoms with E-state index < -0.39 is 5.97 Å². The summed E-state index contributed by atoms with van der Waals surface area (Å²) in [6.45, 7) is 2.44. The van der Waals surface area contributed by atoms with Gasteiger partial charge in [0.2, 0.25) is 0 Å². The fourth-order valence-corrected chi connectivity index (χ4v) is 2.87. The topological polar surface area (TPSA) is 76.7 Å². The third kappa shape index (κ3) is 4.44. The van der Waals surface area contributed by atoms with E-state index in [1.165, 1.54) is 12.1 Å². The molecule has 0 atom stereocenters. The summed E-state index contributed by atoms with van der Waals surface area (Å²) in [6.07, 6.45) is 3.74. The molecule has 3 rings (SSSR count). The normalized spacial score (nSPS) is 11.1. The molecule has 5 heteroatoms. The Labute approximate surface area is 156 Å². The highest BCUT2D eigenvalue weighted by Crippen LogP contribution is 2.29. The summed E-state index contributed by atoms with van der Waals surface area (Å²) in [6, 6.07) is 14.6. The van der Waals surface area contributed by atoms with Crippen LogP contribution in [0, 0.1) is 0 Å². The van der Waals surface area contributed by atoms with Gasteiger partial charge in [-0.1, -0.05) is 43.7 Å². The van der Waals surface area contributed by atoms with Gasteiger partial charge in [0.05, 0.1) is 5.39 Å². The van der Waals surface area contributed by atoms with Gasteiger partial charge in [0.1, 0.15) is 23.7 Å². The maximum atomic E-state index is 12.4. The Morgan fingerprint density at radius 1 is 1.19 bits per heavy atom. The molecule has 3 aromatic rings. The molecule has 0 radical (unpaired) electrons. The minimum absolute atomic E-state index is 0.201. The van der Waals surface area contributed by atoms with Crippen molar-refractivity contribution in [3.63, 3.8) is 0 Å². The van der Waals surface area contributed by atoms with Crippen LogP contribution in [-0.2, 0) is 17.8 Å². The van der Waals surface area contributed by atoms with Gasteiger partial charge in [-0.05, 0) is 30.2 Å². The number of hydrogen-bond acceptors (Lipinski definition) is 4. The summed E-state index contributed by atoms with van der Waals surface area (Å²) >= 11 is 0. The van der Waals surface area contributed by atoms with Crippen LogP contribution < -0.4 is 10.2 Å². The summed E-state index contributed by atoms with van der Waals surface area (Å²) < 4.78 is 11.8. The van der Waals surface area contributed by atoms with E-state index in [4.69, 9.17) is 14.3 Å². The average molecular weight is 364 g/mol. The lowest BCUT2D eigenvalue weighted by Gasteiger charge is -2.13. The van der Waals surface area contributed by atoms with Crippen LogP contribution in [0.2, 0.25) is 0 Å². The number of rotatable bonds is 7. The standard InChI is InChI=1S/C22H20O5/c1-2-6-18-20(26-14-15-7-4-3-5-8-15)11-10-17-19(23)13-16(27-22(17)18)9-12-21(24)25/h3-5,7-13H,2,6,14H2,1H3,(H,24,25). The predicted octanol–water partition coefficient (Wildman–Crippen LogP) is 4.42. The number of fused-ring (bicyclic) bond motifs is 1. The zero-order chi connectivity index (χ0) is 19.2. The Kier molecular flexibility index (Phi) is 5.71. The van der Waals surface area contributed by atoms with Crippen molar-refractivity contribution in [2.24, 2.45) is 0 Å². The third-order valence-electron chi connectivity index (χ3n) is 4.10. The fourth-order valence-electron chi connectivity index (χ4n) is 2.87. The molecule has 0 aliphatic heterocycles. The Morgan fingerprint density at radius 3 is 2.67 bits per heavy atom. The average Bonchev–Trinajstić information content (AvgIpc) is 2.67. The molecule has 2 aromatic carbocycles. The van der Waals surface area contributed by atoms with Crippen molar-refractivity contribution in [1.29, 1.82) is 0 Å². The van der Waals surface area contributed by atoms with E-state index in [9.17, 15) is 9.59 Å². The molecule has 5 nitrogen and oxygen atoms in total. The molecule has 0 unspecified atom stereocenters. The summed E-state index contributed by atoms with van der Waals surface area (Å²) in [7, 11) is 0. The summed E-state index contributed by atoms with van der Waals surface area (Å²) in [4.78, 5) is 23.1. The molecule has 0 saturated carbocycles. The molecule has 0 aliphatic carbocycles. The lowest BCUT2D eigenvalue weighted by atomic mass is 10.0. The first-order valence-corrected chi connectivity index (χ1v) is 8.76. The van der Waals surface area contributed by atoms with Gasteiger partial charge in [-0.3, -0.25) is 4.79 Å². The minimum Gasteiger partial charge on any atom is -0.488 e. The van der Waals surface area contributed by atoms with Crippen LogP contribution in [0.3, 0.4) is 0 Å². The molecular weight excluding hydrogens is 344 g/mol. The first-order chi connectivity index (χ1) is 13.1. The number of carboxylic acid groups (broad SMARTS) is 1. The van der Waals surface area contributed by atoms with Crippen LogP contribution in [-0.4, -0.2) is 11.1 Å². The van der Waals surface area contributed by atoms with E-state index in [-0.39, 0.29) is 11.2 Å². The molecule has 1 N–H and O–H groups in total. The van der Waals surface area contributed by atoms with Gasteiger partial charge < -0.3 is 14.3 Å². The maximum Gasteiger partial charge on any atom is 0.328 e. The second-order valence-corrected chi connectivity index (χ2v) is 6.13. The number of aryl methyl sites for hydroxylation is 1. The van der Waals surface area contributed by atoms with Crippen molar-refractivity contribution in [3.05, 3.63) is 81.7 Å². The predicted molar refractivity (Wildman–Crippen MR) is 104 cm³/mol. The monoisotopic (exact) mass is 364 g/mol. The van der Waals surface area contributed by atoms with Crippen LogP contribution in [0.15, 0.2) is 63.8 Å². The molecule has 0 amide bonds. The third-order valence-corrected chi connectivity index (χ3v) is 4.10. The summed E-state index contributed by atoms with van der Waals surface area (Å²) in [5, 5.41) is 9.25. The second kappa shape index (κ2) is 8.36. The SMILES string of the molecule is CCCc1c(OCc2ccccc2)ccc2c(=O)cc(C=CC(=O)O)oc12. The van der Waals surface area contributed by atoms with Crippen molar-refractivity contribution >= 4 is 23.0 Å². The molecule has 0 fully saturated rings. The number of carbonyl (C=O) groups is 1. The van der Waals surface area contributed by atoms with E-state index in [0.29, 0.717) is 29.7 Å². The van der Waals surface area contributed by atoms with Crippen molar-refractivity contribution in [2.45, 2.75) is 26.4 Å². The molecule has 1 heterocycles. The van der Waals surface area contributed by atoms with Gasteiger partial charge in [0.15, 0.2) is 5.43 Å². The molecule has 1 aromatic heterocycles. The van der Waals surface area contributed by atoms with E-state index in [1.54, 1.807) is 12.1 Å². The van der Waals surface area contributed by atoms with Gasteiger partial charge in [0, 0.05) is 17.7 Å². The number of ether oxygens (including phenoxy) is 1. The Balaban J connectivity index is 2.04. The Bertz CT molecular complexity index is 1030. The zero-order valence-electron chi connectivity index (χ0n) is 15.0. The highest BCUT2D eigenvalue weighted by molar-refractivity contribution is 5.86. The minimum atomic E-state index is -1.11. The zero-order valence-corrected chi connectivity index (χ0v) is 15.0. The molecule has 0 saturated heterocycles. The van der Waals surface area contributed by atoms with Crippen molar-refractivity contribution in [1.82, 2.24) is 0 Å². The largest absolute Gasteiger partial charge is 0.488 e. The van der Waals surface area contributed by atoms with Gasteiger partial charge in [-0.25, -0.2) is 4.79 Å². The smallest absolute Gasteiger partial charge is 0.328 e. The maximum absolute atomic E-state index is 12.4. The number of benzene rings is 2. The summed E-state index contributed by atoms with van der Waals surface area (Å²) in [5.74, 6) is -0.241. The van der Waals surface area contributed by atoms with Crippen LogP contribution in [0.5, 0.6) is 5.75 Å². The van der Waals surface area contributed by atoms with Crippen molar-refractivity contribution < 1.29 is 19.1 Å². The highest BCUT2D eigenvalue weighted by atomic mass is 16.5. The highest BCUT2D eigenvalue weighted by Gasteiger charge is 2.14. The Hall–Kier alpha value is -3.34. The van der Waals surface area contributed by atoms with Crippen molar-refractivity contribution in [3.8, 4) is 5.75 Å². The van der Waals surface area contributed by atoms with E-state index in [0.717, 1.165) is 23.6 Å². The van der Waals surface area contributed by atoms with E-state index >= 15 is 0 Å². The van der Waals surface area contributed by atoms with Gasteiger partial charge in [-0.2, -0.15) is 0 Å². The lowest BCUT2D eigenvalue weighted by molar-refractivity contribution is -0.131. The van der Waals surface area contributed by atoms with Crippen LogP contribution in [0.4, 0.5) is 0 Å². The van der Waals surface area contributed by atoms with Crippen LogP contribution >= 0.6 is 0 Å². The first-order valence-electron chi connectivity index (χ1n) is 8.76. The number of aliphatic carboxylic acids is 1. The van der Waals surface area contributed by atoms with E-state index in [2.05, 4.69) is 0 Å². The van der Waals surface area contributed by atoms with E-state index in [1.807, 2.05) is 37.3 Å². The van der Waals surface area contributed by atoms with Gasteiger partial charge in [0.25, 0.3) is 0 Å². The summed E-state index contributed by atoms with van der Waals surface area (Å²) in [5.41, 5.74) is 2.08. The second-order valence-electron chi connectivity index (χ2n) is 6.13. The Morgan fingerprint density at radius 2 is 1.96 bits per heavy atom. The van der Waals surface area contributed by atoms with Gasteiger partial charge >= 0.3 is 5.97 Å². The molecule has 138 valence electrons. The lowest BCUT2D eigenvalue weighted by Crippen LogP contribution is -2.05. The molecule has 0 bridgehead atoms. The van der Waals surface area contributed by atoms with Gasteiger partial charge in [-0.15, -0.1) is 0 Å². The quantitative estimate of drug-likeness (QED) is 0.628. The van der Waals surface area contributed by atoms with Crippen LogP contribution in [0.25, 0.3) is 17.0 Å². The molecule has 0 aliphatic rings. The number of hydrogen-bond donors (Lipinski definition) is 1. The molecule has 0 spiro atoms. The van der Waals surface area contributed by atoms with Crippen LogP contribution in [0.1, 0.15) is 30.2 Å². The van der Waals surface area contributed by atoms with Crippen molar-refractivity contribution in [2.75, 3.05) is 0 Å². The molecular formula is C22H20O5. The fraction of sp³-hybridized carbons (Fsp3) is 0.182. The first kappa shape index (κ1) is 18.5.